The maximum absolute atomic E-state index is 13.8. The van der Waals surface area contributed by atoms with Gasteiger partial charge in [0.2, 0.25) is 5.91 Å². The van der Waals surface area contributed by atoms with Gasteiger partial charge in [0.25, 0.3) is 5.91 Å². The average molecular weight is 526 g/mol. The number of hydrogen-bond donors (Lipinski definition) is 1. The summed E-state index contributed by atoms with van der Waals surface area (Å²) in [5, 5.41) is 3.32. The van der Waals surface area contributed by atoms with Gasteiger partial charge in [-0.1, -0.05) is 30.3 Å². The fraction of sp³-hybridized carbons (Fsp3) is 0.588. The van der Waals surface area contributed by atoms with Crippen molar-refractivity contribution in [1.29, 1.82) is 0 Å². The van der Waals surface area contributed by atoms with Crippen LogP contribution in [0.2, 0.25) is 0 Å². The zero-order valence-corrected chi connectivity index (χ0v) is 23.2. The van der Waals surface area contributed by atoms with Crippen molar-refractivity contribution in [2.75, 3.05) is 36.4 Å². The molecule has 2 aliphatic heterocycles. The Morgan fingerprint density at radius 3 is 2.10 bits per heavy atom. The number of carbonyl (C=O) groups is 2. The Kier molecular flexibility index (Phi) is 6.64. The average Bonchev–Trinajstić information content (AvgIpc) is 3.48. The first kappa shape index (κ1) is 25.2. The van der Waals surface area contributed by atoms with E-state index in [1.54, 1.807) is 0 Å². The minimum atomic E-state index is -0.187. The van der Waals surface area contributed by atoms with Crippen molar-refractivity contribution >= 4 is 23.2 Å². The molecule has 2 aromatic rings. The number of benzene rings is 2. The van der Waals surface area contributed by atoms with Crippen molar-refractivity contribution in [2.45, 2.75) is 70.6 Å². The van der Waals surface area contributed by atoms with Gasteiger partial charge in [-0.2, -0.15) is 0 Å². The van der Waals surface area contributed by atoms with Crippen LogP contribution >= 0.6 is 0 Å². The summed E-state index contributed by atoms with van der Waals surface area (Å²) in [6, 6.07) is 16.9. The van der Waals surface area contributed by atoms with E-state index in [0.29, 0.717) is 5.92 Å². The molecular weight excluding hydrogens is 482 g/mol. The molecule has 0 radical (unpaired) electrons. The molecule has 6 aliphatic rings. The summed E-state index contributed by atoms with van der Waals surface area (Å²) >= 11 is 0. The van der Waals surface area contributed by atoms with Gasteiger partial charge in [0.15, 0.2) is 0 Å². The van der Waals surface area contributed by atoms with Gasteiger partial charge in [-0.15, -0.1) is 0 Å². The largest absolute Gasteiger partial charge is 0.371 e. The second-order valence-electron chi connectivity index (χ2n) is 13.5. The van der Waals surface area contributed by atoms with Crippen LogP contribution in [0.3, 0.4) is 0 Å². The van der Waals surface area contributed by atoms with Crippen LogP contribution in [0.1, 0.15) is 80.1 Å². The van der Waals surface area contributed by atoms with Gasteiger partial charge in [0.05, 0.1) is 11.0 Å². The van der Waals surface area contributed by atoms with Crippen LogP contribution in [0.15, 0.2) is 48.5 Å². The first-order chi connectivity index (χ1) is 19.0. The molecule has 0 unspecified atom stereocenters. The molecular formula is C34H43N3O2. The first-order valence-corrected chi connectivity index (χ1v) is 15.6. The molecule has 0 spiro atoms. The Morgan fingerprint density at radius 2 is 1.46 bits per heavy atom. The summed E-state index contributed by atoms with van der Waals surface area (Å²) in [7, 11) is 0. The van der Waals surface area contributed by atoms with Crippen LogP contribution in [-0.2, 0) is 11.2 Å². The third-order valence-corrected chi connectivity index (χ3v) is 10.7. The Hall–Kier alpha value is -2.82. The number of nitrogens with zero attached hydrogens (tertiary/aromatic N) is 2. The van der Waals surface area contributed by atoms with Crippen molar-refractivity contribution in [1.82, 2.24) is 4.90 Å². The van der Waals surface area contributed by atoms with Crippen LogP contribution in [0.25, 0.3) is 0 Å². The topological polar surface area (TPSA) is 52.7 Å². The van der Waals surface area contributed by atoms with Gasteiger partial charge in [-0.3, -0.25) is 9.59 Å². The summed E-state index contributed by atoms with van der Waals surface area (Å²) in [5.41, 5.74) is 3.83. The van der Waals surface area contributed by atoms with Crippen molar-refractivity contribution in [3.63, 3.8) is 0 Å². The summed E-state index contributed by atoms with van der Waals surface area (Å²) in [5.74, 6) is 3.22. The molecule has 206 valence electrons. The molecule has 5 heteroatoms. The predicted octanol–water partition coefficient (Wildman–Crippen LogP) is 6.54. The molecule has 4 aliphatic carbocycles. The lowest BCUT2D eigenvalue weighted by Crippen LogP contribution is -2.51. The highest BCUT2D eigenvalue weighted by molar-refractivity contribution is 6.03. The molecule has 2 heterocycles. The Bertz CT molecular complexity index is 1170. The van der Waals surface area contributed by atoms with Crippen molar-refractivity contribution in [3.8, 4) is 0 Å². The number of nitrogens with one attached hydrogen (secondary N) is 1. The Labute approximate surface area is 233 Å². The molecule has 4 bridgehead atoms. The van der Waals surface area contributed by atoms with Crippen LogP contribution in [0.5, 0.6) is 0 Å². The Balaban J connectivity index is 1.09. The summed E-state index contributed by atoms with van der Waals surface area (Å²) < 4.78 is 0. The van der Waals surface area contributed by atoms with Gasteiger partial charge in [-0.25, -0.2) is 0 Å². The second-order valence-corrected chi connectivity index (χ2v) is 13.5. The van der Waals surface area contributed by atoms with E-state index in [1.807, 2.05) is 17.0 Å². The van der Waals surface area contributed by atoms with Crippen LogP contribution in [0.4, 0.5) is 11.4 Å². The Morgan fingerprint density at radius 1 is 0.821 bits per heavy atom. The van der Waals surface area contributed by atoms with E-state index in [-0.39, 0.29) is 17.2 Å². The van der Waals surface area contributed by atoms with Gasteiger partial charge < -0.3 is 15.1 Å². The number of rotatable bonds is 6. The molecule has 2 aromatic carbocycles. The first-order valence-electron chi connectivity index (χ1n) is 15.6. The maximum Gasteiger partial charge on any atom is 0.256 e. The van der Waals surface area contributed by atoms with E-state index in [4.69, 9.17) is 0 Å². The fourth-order valence-corrected chi connectivity index (χ4v) is 9.13. The van der Waals surface area contributed by atoms with E-state index in [2.05, 4.69) is 46.6 Å². The third kappa shape index (κ3) is 4.98. The monoisotopic (exact) mass is 525 g/mol. The van der Waals surface area contributed by atoms with Gasteiger partial charge in [0.1, 0.15) is 0 Å². The molecule has 0 atom stereocenters. The van der Waals surface area contributed by atoms with Crippen LogP contribution < -0.4 is 10.2 Å². The predicted molar refractivity (Wildman–Crippen MR) is 156 cm³/mol. The zero-order chi connectivity index (χ0) is 26.4. The van der Waals surface area contributed by atoms with E-state index >= 15 is 0 Å². The van der Waals surface area contributed by atoms with Crippen molar-refractivity contribution < 1.29 is 9.59 Å². The SMILES string of the molecule is O=C(c1cc(NC(=O)C23CC4CC(CC(C4)C2)C3)ccc1N1CCC(Cc2ccccc2)CC1)N1CCCC1. The van der Waals surface area contributed by atoms with Gasteiger partial charge >= 0.3 is 0 Å². The number of likely N-dealkylation sites (tertiary alicyclic amines) is 1. The van der Waals surface area contributed by atoms with Crippen LogP contribution in [-0.4, -0.2) is 42.9 Å². The van der Waals surface area contributed by atoms with E-state index < -0.39 is 0 Å². The molecule has 2 amide bonds. The standard InChI is InChI=1S/C34H43N3O2/c38-32(37-12-4-5-13-37)30-20-29(35-33(39)34-21-26-17-27(22-34)19-28(18-26)23-34)8-9-31(30)36-14-10-25(11-15-36)16-24-6-2-1-3-7-24/h1-3,6-9,20,25-28H,4-5,10-19,21-23H2,(H,35,39). The number of hydrogen-bond acceptors (Lipinski definition) is 3. The van der Waals surface area contributed by atoms with Gasteiger partial charge in [-0.05, 0) is 118 Å². The minimum absolute atomic E-state index is 0.125. The summed E-state index contributed by atoms with van der Waals surface area (Å²) in [4.78, 5) is 31.9. The molecule has 1 N–H and O–H groups in total. The smallest absolute Gasteiger partial charge is 0.256 e. The number of carbonyl (C=O) groups excluding carboxylic acids is 2. The van der Waals surface area contributed by atoms with Crippen LogP contribution in [0, 0.1) is 29.1 Å². The number of anilines is 2. The number of piperidine rings is 1. The highest BCUT2D eigenvalue weighted by Gasteiger charge is 2.54. The van der Waals surface area contributed by atoms with Gasteiger partial charge in [0, 0.05) is 37.6 Å². The van der Waals surface area contributed by atoms with E-state index in [1.165, 1.54) is 24.8 Å². The third-order valence-electron chi connectivity index (χ3n) is 10.7. The molecule has 0 aromatic heterocycles. The molecule has 8 rings (SSSR count). The highest BCUT2D eigenvalue weighted by Crippen LogP contribution is 2.60. The van der Waals surface area contributed by atoms with E-state index in [9.17, 15) is 9.59 Å². The molecule has 2 saturated heterocycles. The molecule has 4 saturated carbocycles. The molecule has 39 heavy (non-hydrogen) atoms. The molecule has 5 nitrogen and oxygen atoms in total. The lowest BCUT2D eigenvalue weighted by atomic mass is 9.49. The van der Waals surface area contributed by atoms with E-state index in [0.717, 1.165) is 112 Å². The normalized spacial score (nSPS) is 30.1. The lowest BCUT2D eigenvalue weighted by molar-refractivity contribution is -0.140. The molecule has 6 fully saturated rings. The minimum Gasteiger partial charge on any atom is -0.371 e. The van der Waals surface area contributed by atoms with Crippen molar-refractivity contribution in [3.05, 3.63) is 59.7 Å². The lowest BCUT2D eigenvalue weighted by Gasteiger charge is -2.55. The fourth-order valence-electron chi connectivity index (χ4n) is 9.13. The maximum atomic E-state index is 13.8. The van der Waals surface area contributed by atoms with Crippen molar-refractivity contribution in [2.24, 2.45) is 29.1 Å². The highest BCUT2D eigenvalue weighted by atomic mass is 16.2. The zero-order valence-electron chi connectivity index (χ0n) is 23.2. The second kappa shape index (κ2) is 10.3. The number of amides is 2. The summed E-state index contributed by atoms with van der Waals surface area (Å²) in [6.07, 6.45) is 12.7. The summed E-state index contributed by atoms with van der Waals surface area (Å²) in [6.45, 7) is 3.61. The quantitative estimate of drug-likeness (QED) is 0.466.